The molecule has 0 saturated heterocycles. The van der Waals surface area contributed by atoms with Gasteiger partial charge in [-0.2, -0.15) is 4.98 Å². The number of ether oxygens (including phenoxy) is 2. The van der Waals surface area contributed by atoms with Crippen LogP contribution in [0.25, 0.3) is 0 Å². The Labute approximate surface area is 168 Å². The van der Waals surface area contributed by atoms with Crippen molar-refractivity contribution < 1.29 is 18.7 Å². The highest BCUT2D eigenvalue weighted by Crippen LogP contribution is 2.29. The minimum atomic E-state index is -0.812. The van der Waals surface area contributed by atoms with E-state index in [9.17, 15) is 9.18 Å². The third-order valence-corrected chi connectivity index (χ3v) is 4.84. The van der Waals surface area contributed by atoms with E-state index in [4.69, 9.17) is 20.9 Å². The predicted octanol–water partition coefficient (Wildman–Crippen LogP) is 2.16. The minimum Gasteiger partial charge on any atom is -0.481 e. The Morgan fingerprint density at radius 3 is 2.34 bits per heavy atom. The fraction of sp³-hybridized carbons (Fsp3) is 0.421. The highest BCUT2D eigenvalue weighted by molar-refractivity contribution is 5.98. The second-order valence-electron chi connectivity index (χ2n) is 6.84. The summed E-state index contributed by atoms with van der Waals surface area (Å²) in [6.07, 6.45) is 3.74. The van der Waals surface area contributed by atoms with Gasteiger partial charge in [-0.15, -0.1) is 0 Å². The normalized spacial score (nSPS) is 18.8. The van der Waals surface area contributed by atoms with E-state index >= 15 is 0 Å². The van der Waals surface area contributed by atoms with Gasteiger partial charge in [-0.25, -0.2) is 9.37 Å². The maximum atomic E-state index is 14.6. The van der Waals surface area contributed by atoms with Crippen LogP contribution in [0.4, 0.5) is 21.7 Å². The Morgan fingerprint density at radius 1 is 1.10 bits per heavy atom. The number of halogens is 1. The van der Waals surface area contributed by atoms with E-state index in [0.29, 0.717) is 17.4 Å². The van der Waals surface area contributed by atoms with Gasteiger partial charge in [0.1, 0.15) is 5.82 Å². The Bertz CT molecular complexity index is 872. The molecule has 156 valence electrons. The van der Waals surface area contributed by atoms with Gasteiger partial charge in [0.15, 0.2) is 11.6 Å². The summed E-state index contributed by atoms with van der Waals surface area (Å²) in [5.41, 5.74) is 12.0. The van der Waals surface area contributed by atoms with E-state index < -0.39 is 11.7 Å². The first kappa shape index (κ1) is 20.6. The molecular weight excluding hydrogens is 379 g/mol. The van der Waals surface area contributed by atoms with Crippen molar-refractivity contribution >= 4 is 23.2 Å². The number of methoxy groups -OCH3 is 2. The van der Waals surface area contributed by atoms with Crippen LogP contribution >= 0.6 is 0 Å². The molecule has 1 aliphatic rings. The molecular formula is C19H25FN6O3. The number of carbonyl (C=O) groups excluding carboxylic acids is 1. The Kier molecular flexibility index (Phi) is 6.32. The van der Waals surface area contributed by atoms with Gasteiger partial charge >= 0.3 is 0 Å². The van der Waals surface area contributed by atoms with Crippen LogP contribution in [0.5, 0.6) is 11.8 Å². The fourth-order valence-electron chi connectivity index (χ4n) is 3.29. The summed E-state index contributed by atoms with van der Waals surface area (Å²) in [7, 11) is 2.93. The minimum absolute atomic E-state index is 0.00726. The molecule has 6 N–H and O–H groups in total. The molecule has 2 aromatic rings. The van der Waals surface area contributed by atoms with E-state index in [-0.39, 0.29) is 29.3 Å². The summed E-state index contributed by atoms with van der Waals surface area (Å²) in [5, 5.41) is 6.04. The highest BCUT2D eigenvalue weighted by atomic mass is 19.1. The number of carbonyl (C=O) groups is 1. The van der Waals surface area contributed by atoms with E-state index in [1.165, 1.54) is 14.2 Å². The summed E-state index contributed by atoms with van der Waals surface area (Å²) < 4.78 is 24.9. The van der Waals surface area contributed by atoms with Crippen molar-refractivity contribution in [2.75, 3.05) is 24.9 Å². The van der Waals surface area contributed by atoms with Gasteiger partial charge in [0.2, 0.25) is 11.8 Å². The van der Waals surface area contributed by atoms with Crippen molar-refractivity contribution in [1.29, 1.82) is 0 Å². The average Bonchev–Trinajstić information content (AvgIpc) is 2.71. The van der Waals surface area contributed by atoms with Gasteiger partial charge in [0, 0.05) is 24.2 Å². The number of aromatic nitrogens is 2. The molecule has 29 heavy (non-hydrogen) atoms. The van der Waals surface area contributed by atoms with Gasteiger partial charge in [0.05, 0.1) is 25.5 Å². The second kappa shape index (κ2) is 8.91. The lowest BCUT2D eigenvalue weighted by Crippen LogP contribution is -2.43. The molecule has 2 heterocycles. The zero-order valence-corrected chi connectivity index (χ0v) is 16.4. The van der Waals surface area contributed by atoms with E-state index in [1.807, 2.05) is 0 Å². The number of anilines is 3. The summed E-state index contributed by atoms with van der Waals surface area (Å²) >= 11 is 0. The van der Waals surface area contributed by atoms with Gasteiger partial charge in [0.25, 0.3) is 5.91 Å². The highest BCUT2D eigenvalue weighted by Gasteiger charge is 2.24. The van der Waals surface area contributed by atoms with Gasteiger partial charge in [-0.3, -0.25) is 4.79 Å². The lowest BCUT2D eigenvalue weighted by atomic mass is 9.91. The monoisotopic (exact) mass is 404 g/mol. The zero-order valence-electron chi connectivity index (χ0n) is 16.4. The van der Waals surface area contributed by atoms with Crippen LogP contribution in [0.15, 0.2) is 18.2 Å². The van der Waals surface area contributed by atoms with Crippen LogP contribution in [-0.4, -0.2) is 42.2 Å². The number of rotatable bonds is 7. The first-order valence-electron chi connectivity index (χ1n) is 9.30. The lowest BCUT2D eigenvalue weighted by molar-refractivity contribution is 0.100. The van der Waals surface area contributed by atoms with Crippen LogP contribution in [0.3, 0.4) is 0 Å². The summed E-state index contributed by atoms with van der Waals surface area (Å²) in [4.78, 5) is 20.2. The molecule has 1 saturated carbocycles. The molecule has 0 aromatic carbocycles. The van der Waals surface area contributed by atoms with Crippen LogP contribution in [0.1, 0.15) is 36.0 Å². The smallest absolute Gasteiger partial charge is 0.252 e. The summed E-state index contributed by atoms with van der Waals surface area (Å²) in [6.45, 7) is 0. The molecule has 1 fully saturated rings. The predicted molar refractivity (Wildman–Crippen MR) is 107 cm³/mol. The quantitative estimate of drug-likeness (QED) is 0.551. The van der Waals surface area contributed by atoms with E-state index in [2.05, 4.69) is 20.6 Å². The number of amides is 1. The molecule has 1 aliphatic carbocycles. The number of nitrogens with one attached hydrogen (secondary N) is 2. The molecule has 0 spiro atoms. The Balaban J connectivity index is 1.95. The number of hydrogen-bond donors (Lipinski definition) is 4. The van der Waals surface area contributed by atoms with Gasteiger partial charge in [-0.1, -0.05) is 12.8 Å². The van der Waals surface area contributed by atoms with Crippen molar-refractivity contribution in [2.24, 2.45) is 11.5 Å². The zero-order chi connectivity index (χ0) is 21.0. The molecule has 0 radical (unpaired) electrons. The van der Waals surface area contributed by atoms with Crippen LogP contribution in [-0.2, 0) is 0 Å². The maximum Gasteiger partial charge on any atom is 0.252 e. The van der Waals surface area contributed by atoms with Crippen molar-refractivity contribution in [2.45, 2.75) is 37.8 Å². The van der Waals surface area contributed by atoms with E-state index in [0.717, 1.165) is 31.7 Å². The topological polar surface area (TPSA) is 137 Å². The standard InChI is InChI=1S/C19H25FN6O3/c1-28-15-7-10(8-16(25-15)29-2)23-18-11(17(22)27)9-12(20)19(26-18)24-14-6-4-3-5-13(14)21/h7-9,13-14H,3-6,21H2,1-2H3,(H2,22,27)(H2,23,24,25,26). The first-order valence-corrected chi connectivity index (χ1v) is 9.30. The molecule has 2 unspecified atom stereocenters. The second-order valence-corrected chi connectivity index (χ2v) is 6.84. The molecule has 10 heteroatoms. The molecule has 0 aliphatic heterocycles. The van der Waals surface area contributed by atoms with Crippen molar-refractivity contribution in [1.82, 2.24) is 9.97 Å². The molecule has 2 atom stereocenters. The summed E-state index contributed by atoms with van der Waals surface area (Å²) in [6, 6.07) is 4.04. The third-order valence-electron chi connectivity index (χ3n) is 4.84. The maximum absolute atomic E-state index is 14.6. The van der Waals surface area contributed by atoms with Gasteiger partial charge in [-0.05, 0) is 18.9 Å². The Hall–Kier alpha value is -3.14. The first-order chi connectivity index (χ1) is 13.9. The molecule has 0 bridgehead atoms. The van der Waals surface area contributed by atoms with Crippen molar-refractivity contribution in [3.8, 4) is 11.8 Å². The molecule has 2 aromatic heterocycles. The number of primary amides is 1. The molecule has 1 amide bonds. The SMILES string of the molecule is COc1cc(Nc2nc(NC3CCCCC3N)c(F)cc2C(N)=O)cc(OC)n1. The molecule has 9 nitrogen and oxygen atoms in total. The third kappa shape index (κ3) is 4.83. The lowest BCUT2D eigenvalue weighted by Gasteiger charge is -2.30. The average molecular weight is 404 g/mol. The molecule has 3 rings (SSSR count). The number of pyridine rings is 2. The summed E-state index contributed by atoms with van der Waals surface area (Å²) in [5.74, 6) is -0.795. The van der Waals surface area contributed by atoms with E-state index in [1.54, 1.807) is 12.1 Å². The number of nitrogens with zero attached hydrogens (tertiary/aromatic N) is 2. The fourth-order valence-corrected chi connectivity index (χ4v) is 3.29. The Morgan fingerprint density at radius 2 is 1.76 bits per heavy atom. The van der Waals surface area contributed by atoms with Crippen LogP contribution < -0.4 is 31.6 Å². The van der Waals surface area contributed by atoms with Crippen molar-refractivity contribution in [3.05, 3.63) is 29.6 Å². The van der Waals surface area contributed by atoms with Crippen molar-refractivity contribution in [3.63, 3.8) is 0 Å². The van der Waals surface area contributed by atoms with Crippen LogP contribution in [0, 0.1) is 5.82 Å². The largest absolute Gasteiger partial charge is 0.481 e. The van der Waals surface area contributed by atoms with Gasteiger partial charge < -0.3 is 31.6 Å². The number of hydrogen-bond acceptors (Lipinski definition) is 8. The number of nitrogens with two attached hydrogens (primary N) is 2. The van der Waals surface area contributed by atoms with Crippen LogP contribution in [0.2, 0.25) is 0 Å².